The zero-order valence-corrected chi connectivity index (χ0v) is 19.9. The molecule has 3 aromatic heterocycles. The van der Waals surface area contributed by atoms with Crippen LogP contribution >= 0.6 is 11.3 Å². The summed E-state index contributed by atoms with van der Waals surface area (Å²) >= 11 is 1.54. The van der Waals surface area contributed by atoms with Gasteiger partial charge in [-0.2, -0.15) is 16.4 Å². The molecule has 1 aliphatic rings. The number of rotatable bonds is 6. The van der Waals surface area contributed by atoms with E-state index in [0.717, 1.165) is 24.8 Å². The smallest absolute Gasteiger partial charge is 0.274 e. The van der Waals surface area contributed by atoms with Crippen molar-refractivity contribution in [2.45, 2.75) is 25.3 Å². The second-order valence-electron chi connectivity index (χ2n) is 8.77. The van der Waals surface area contributed by atoms with Crippen LogP contribution in [-0.4, -0.2) is 62.4 Å². The first-order chi connectivity index (χ1) is 16.6. The summed E-state index contributed by atoms with van der Waals surface area (Å²) in [6.45, 7) is 1.30. The monoisotopic (exact) mass is 473 g/mol. The van der Waals surface area contributed by atoms with Gasteiger partial charge in [-0.3, -0.25) is 9.59 Å². The van der Waals surface area contributed by atoms with Gasteiger partial charge < -0.3 is 9.80 Å². The fourth-order valence-corrected chi connectivity index (χ4v) is 5.43. The number of aromatic nitrogens is 3. The highest BCUT2D eigenvalue weighted by Crippen LogP contribution is 2.28. The van der Waals surface area contributed by atoms with Crippen molar-refractivity contribution >= 4 is 28.8 Å². The maximum Gasteiger partial charge on any atom is 0.274 e. The van der Waals surface area contributed by atoms with E-state index in [0.29, 0.717) is 30.3 Å². The molecular formula is C26H27N5O2S. The Balaban J connectivity index is 1.30. The third kappa shape index (κ3) is 4.59. The Morgan fingerprint density at radius 2 is 1.94 bits per heavy atom. The van der Waals surface area contributed by atoms with E-state index in [1.807, 2.05) is 51.9 Å². The molecule has 5 rings (SSSR count). The molecule has 4 aromatic rings. The molecule has 0 aliphatic carbocycles. The van der Waals surface area contributed by atoms with Gasteiger partial charge in [0.15, 0.2) is 11.3 Å². The minimum absolute atomic E-state index is 0.0536. The summed E-state index contributed by atoms with van der Waals surface area (Å²) < 4.78 is 1.63. The fourth-order valence-electron chi connectivity index (χ4n) is 4.80. The van der Waals surface area contributed by atoms with Crippen molar-refractivity contribution in [3.05, 3.63) is 88.5 Å². The van der Waals surface area contributed by atoms with Gasteiger partial charge >= 0.3 is 0 Å². The first kappa shape index (κ1) is 22.3. The van der Waals surface area contributed by atoms with Crippen LogP contribution in [0.2, 0.25) is 0 Å². The van der Waals surface area contributed by atoms with Gasteiger partial charge in [0, 0.05) is 50.0 Å². The first-order valence-electron chi connectivity index (χ1n) is 11.5. The topological polar surface area (TPSA) is 70.8 Å². The number of thiophene rings is 1. The van der Waals surface area contributed by atoms with E-state index in [4.69, 9.17) is 0 Å². The second-order valence-corrected chi connectivity index (χ2v) is 9.55. The molecule has 1 aromatic carbocycles. The Bertz CT molecular complexity index is 1230. The fraction of sp³-hybridized carbons (Fsp3) is 0.308. The van der Waals surface area contributed by atoms with Crippen LogP contribution in [0.5, 0.6) is 0 Å². The number of hydrogen-bond donors (Lipinski definition) is 0. The summed E-state index contributed by atoms with van der Waals surface area (Å²) in [5, 5.41) is 8.23. The van der Waals surface area contributed by atoms with Gasteiger partial charge in [-0.05, 0) is 48.3 Å². The molecule has 0 radical (unpaired) electrons. The Morgan fingerprint density at radius 3 is 2.65 bits per heavy atom. The average molecular weight is 474 g/mol. The highest BCUT2D eigenvalue weighted by Gasteiger charge is 2.33. The molecule has 1 unspecified atom stereocenters. The molecule has 4 heterocycles. The van der Waals surface area contributed by atoms with Crippen molar-refractivity contribution in [3.63, 3.8) is 0 Å². The predicted molar refractivity (Wildman–Crippen MR) is 132 cm³/mol. The first-order valence-corrected chi connectivity index (χ1v) is 12.5. The van der Waals surface area contributed by atoms with Crippen molar-refractivity contribution in [3.8, 4) is 0 Å². The third-order valence-corrected chi connectivity index (χ3v) is 7.38. The molecule has 8 heteroatoms. The number of nitrogens with zero attached hydrogens (tertiary/aromatic N) is 5. The maximum atomic E-state index is 13.2. The van der Waals surface area contributed by atoms with Crippen molar-refractivity contribution < 1.29 is 9.59 Å². The number of likely N-dealkylation sites (tertiary alicyclic amines) is 1. The van der Waals surface area contributed by atoms with Crippen molar-refractivity contribution in [1.29, 1.82) is 0 Å². The van der Waals surface area contributed by atoms with Crippen LogP contribution in [0.4, 0.5) is 0 Å². The molecule has 1 saturated heterocycles. The van der Waals surface area contributed by atoms with Crippen LogP contribution in [0.1, 0.15) is 39.3 Å². The van der Waals surface area contributed by atoms with E-state index in [1.54, 1.807) is 29.0 Å². The Hall–Kier alpha value is -3.52. The van der Waals surface area contributed by atoms with Gasteiger partial charge in [-0.25, -0.2) is 9.50 Å². The molecule has 1 fully saturated rings. The van der Waals surface area contributed by atoms with Crippen LogP contribution < -0.4 is 0 Å². The van der Waals surface area contributed by atoms with E-state index in [-0.39, 0.29) is 17.9 Å². The van der Waals surface area contributed by atoms with E-state index < -0.39 is 0 Å². The van der Waals surface area contributed by atoms with E-state index >= 15 is 0 Å². The quantitative estimate of drug-likeness (QED) is 0.424. The van der Waals surface area contributed by atoms with E-state index in [2.05, 4.69) is 22.2 Å². The number of piperidine rings is 1. The molecule has 0 saturated carbocycles. The summed E-state index contributed by atoms with van der Waals surface area (Å²) in [6, 6.07) is 15.8. The van der Waals surface area contributed by atoms with E-state index in [1.165, 1.54) is 16.9 Å². The molecule has 0 spiro atoms. The number of likely N-dealkylation sites (N-methyl/N-ethyl adjacent to an activating group) is 1. The summed E-state index contributed by atoms with van der Waals surface area (Å²) in [5.74, 6) is 0.295. The molecular weight excluding hydrogens is 446 g/mol. The lowest BCUT2D eigenvalue weighted by molar-refractivity contribution is 0.0520. The molecule has 34 heavy (non-hydrogen) atoms. The zero-order chi connectivity index (χ0) is 23.5. The largest absolute Gasteiger partial charge is 0.338 e. The van der Waals surface area contributed by atoms with Gasteiger partial charge in [0.1, 0.15) is 0 Å². The minimum atomic E-state index is -0.0636. The number of benzene rings is 1. The number of hydrogen-bond acceptors (Lipinski definition) is 5. The summed E-state index contributed by atoms with van der Waals surface area (Å²) in [7, 11) is 1.91. The lowest BCUT2D eigenvalue weighted by atomic mass is 9.84. The van der Waals surface area contributed by atoms with E-state index in [9.17, 15) is 9.59 Å². The predicted octanol–water partition coefficient (Wildman–Crippen LogP) is 4.03. The Morgan fingerprint density at radius 1 is 1.15 bits per heavy atom. The number of fused-ring (bicyclic) bond motifs is 1. The van der Waals surface area contributed by atoms with Crippen LogP contribution in [0.15, 0.2) is 71.7 Å². The lowest BCUT2D eigenvalue weighted by Crippen LogP contribution is -2.48. The molecule has 2 amide bonds. The summed E-state index contributed by atoms with van der Waals surface area (Å²) in [4.78, 5) is 34.3. The lowest BCUT2D eigenvalue weighted by Gasteiger charge is -2.40. The molecule has 7 nitrogen and oxygen atoms in total. The van der Waals surface area contributed by atoms with Crippen LogP contribution in [-0.2, 0) is 6.42 Å². The Kier molecular flexibility index (Phi) is 6.40. The highest BCUT2D eigenvalue weighted by molar-refractivity contribution is 7.08. The normalized spacial score (nSPS) is 15.4. The SMILES string of the molecule is CN(C(=O)c1ccsc1)C(Cc1ccccc1)C1CCN(C(=O)c2cc3ncccn3n2)CC1. The molecule has 174 valence electrons. The number of carbonyl (C=O) groups is 2. The number of carbonyl (C=O) groups excluding carboxylic acids is 2. The van der Waals surface area contributed by atoms with Crippen LogP contribution in [0.25, 0.3) is 5.65 Å². The maximum absolute atomic E-state index is 13.2. The number of amides is 2. The zero-order valence-electron chi connectivity index (χ0n) is 19.1. The van der Waals surface area contributed by atoms with Gasteiger partial charge in [-0.1, -0.05) is 30.3 Å². The standard InChI is InChI=1S/C26H27N5O2S/c1-29(25(32)21-10-15-34-18-21)23(16-19-6-3-2-4-7-19)20-8-13-30(14-9-20)26(33)22-17-24-27-11-5-12-31(24)28-22/h2-7,10-12,15,17-18,20,23H,8-9,13-14,16H2,1H3. The van der Waals surface area contributed by atoms with Gasteiger partial charge in [0.05, 0.1) is 5.56 Å². The molecule has 1 atom stereocenters. The van der Waals surface area contributed by atoms with Crippen LogP contribution in [0.3, 0.4) is 0 Å². The highest BCUT2D eigenvalue weighted by atomic mass is 32.1. The summed E-state index contributed by atoms with van der Waals surface area (Å²) in [5.41, 5.74) is 3.03. The molecule has 0 N–H and O–H groups in total. The van der Waals surface area contributed by atoms with Gasteiger partial charge in [-0.15, -0.1) is 0 Å². The minimum Gasteiger partial charge on any atom is -0.338 e. The van der Waals surface area contributed by atoms with Crippen molar-refractivity contribution in [1.82, 2.24) is 24.4 Å². The van der Waals surface area contributed by atoms with Gasteiger partial charge in [0.25, 0.3) is 11.8 Å². The third-order valence-electron chi connectivity index (χ3n) is 6.70. The van der Waals surface area contributed by atoms with Gasteiger partial charge in [0.2, 0.25) is 0 Å². The van der Waals surface area contributed by atoms with Crippen molar-refractivity contribution in [2.75, 3.05) is 20.1 Å². The molecule has 0 bridgehead atoms. The Labute approximate surface area is 202 Å². The van der Waals surface area contributed by atoms with Crippen LogP contribution in [0, 0.1) is 5.92 Å². The average Bonchev–Trinajstić information content (AvgIpc) is 3.57. The second kappa shape index (κ2) is 9.77. The summed E-state index contributed by atoms with van der Waals surface area (Å²) in [6.07, 6.45) is 5.97. The van der Waals surface area contributed by atoms with Crippen molar-refractivity contribution in [2.24, 2.45) is 5.92 Å². The molecule has 1 aliphatic heterocycles.